The first kappa shape index (κ1) is 15.3. The van der Waals surface area contributed by atoms with E-state index in [0.29, 0.717) is 6.04 Å². The molecule has 2 nitrogen and oxygen atoms in total. The van der Waals surface area contributed by atoms with Crippen molar-refractivity contribution in [2.45, 2.75) is 46.7 Å². The van der Waals surface area contributed by atoms with Crippen LogP contribution < -0.4 is 10.2 Å². The first-order chi connectivity index (χ1) is 8.61. The molecule has 0 aromatic heterocycles. The molecule has 0 radical (unpaired) electrons. The molecule has 0 aliphatic rings. The highest BCUT2D eigenvalue weighted by Crippen LogP contribution is 2.31. The molecule has 1 aromatic rings. The number of para-hydroxylation sites is 1. The van der Waals surface area contributed by atoms with Crippen LogP contribution >= 0.6 is 11.6 Å². The van der Waals surface area contributed by atoms with Crippen LogP contribution in [0.5, 0.6) is 0 Å². The Morgan fingerprint density at radius 3 is 2.56 bits per heavy atom. The molecular weight excluding hydrogens is 244 g/mol. The highest BCUT2D eigenvalue weighted by Gasteiger charge is 2.16. The molecule has 0 heterocycles. The second kappa shape index (κ2) is 7.65. The van der Waals surface area contributed by atoms with Gasteiger partial charge in [0.15, 0.2) is 0 Å². The number of halogens is 1. The van der Waals surface area contributed by atoms with Crippen molar-refractivity contribution in [3.63, 3.8) is 0 Å². The predicted molar refractivity (Wildman–Crippen MR) is 81.6 cm³/mol. The molecule has 3 heteroatoms. The second-order valence-corrected chi connectivity index (χ2v) is 5.22. The van der Waals surface area contributed by atoms with Crippen molar-refractivity contribution >= 4 is 17.3 Å². The molecule has 0 bridgehead atoms. The molecule has 1 rings (SSSR count). The van der Waals surface area contributed by atoms with Crippen LogP contribution in [0.25, 0.3) is 0 Å². The number of nitrogens with zero attached hydrogens (tertiary/aromatic N) is 1. The number of anilines is 1. The van der Waals surface area contributed by atoms with Crippen molar-refractivity contribution in [3.8, 4) is 0 Å². The summed E-state index contributed by atoms with van der Waals surface area (Å²) in [6.07, 6.45) is 1.13. The summed E-state index contributed by atoms with van der Waals surface area (Å²) in [5.74, 6) is 0. The van der Waals surface area contributed by atoms with Crippen LogP contribution in [0.15, 0.2) is 18.2 Å². The Kier molecular flexibility index (Phi) is 6.51. The van der Waals surface area contributed by atoms with Gasteiger partial charge in [-0.2, -0.15) is 0 Å². The van der Waals surface area contributed by atoms with E-state index in [4.69, 9.17) is 11.6 Å². The Labute approximate surface area is 116 Å². The minimum Gasteiger partial charge on any atom is -0.368 e. The SMILES string of the molecule is CCCN(c1c(Cl)cccc1CNCC)C(C)C. The lowest BCUT2D eigenvalue weighted by molar-refractivity contribution is 0.659. The van der Waals surface area contributed by atoms with Gasteiger partial charge in [-0.1, -0.05) is 37.6 Å². The molecule has 0 unspecified atom stereocenters. The van der Waals surface area contributed by atoms with Gasteiger partial charge in [-0.25, -0.2) is 0 Å². The summed E-state index contributed by atoms with van der Waals surface area (Å²) in [7, 11) is 0. The van der Waals surface area contributed by atoms with Crippen LogP contribution in [0, 0.1) is 0 Å². The minimum atomic E-state index is 0.463. The molecule has 0 atom stereocenters. The zero-order valence-electron chi connectivity index (χ0n) is 12.0. The highest BCUT2D eigenvalue weighted by atomic mass is 35.5. The summed E-state index contributed by atoms with van der Waals surface area (Å²) in [5, 5.41) is 4.24. The van der Waals surface area contributed by atoms with Crippen molar-refractivity contribution in [2.75, 3.05) is 18.0 Å². The fraction of sp³-hybridized carbons (Fsp3) is 0.600. The fourth-order valence-electron chi connectivity index (χ4n) is 2.15. The first-order valence-corrected chi connectivity index (χ1v) is 7.24. The normalized spacial score (nSPS) is 11.0. The topological polar surface area (TPSA) is 15.3 Å². The van der Waals surface area contributed by atoms with Gasteiger partial charge >= 0.3 is 0 Å². The maximum Gasteiger partial charge on any atom is 0.0643 e. The number of benzene rings is 1. The Bertz CT molecular complexity index is 364. The zero-order valence-corrected chi connectivity index (χ0v) is 12.7. The summed E-state index contributed by atoms with van der Waals surface area (Å²) in [4.78, 5) is 2.40. The molecule has 0 aliphatic carbocycles. The summed E-state index contributed by atoms with van der Waals surface area (Å²) >= 11 is 6.41. The van der Waals surface area contributed by atoms with E-state index in [9.17, 15) is 0 Å². The molecule has 0 fully saturated rings. The maximum absolute atomic E-state index is 6.41. The quantitative estimate of drug-likeness (QED) is 0.802. The van der Waals surface area contributed by atoms with Crippen LogP contribution in [0.4, 0.5) is 5.69 Å². The van der Waals surface area contributed by atoms with Gasteiger partial charge in [-0.3, -0.25) is 0 Å². The van der Waals surface area contributed by atoms with Crippen LogP contribution in [-0.2, 0) is 6.54 Å². The number of hydrogen-bond donors (Lipinski definition) is 1. The van der Waals surface area contributed by atoms with Crippen molar-refractivity contribution in [1.29, 1.82) is 0 Å². The maximum atomic E-state index is 6.41. The van der Waals surface area contributed by atoms with Crippen LogP contribution in [0.3, 0.4) is 0 Å². The highest BCUT2D eigenvalue weighted by molar-refractivity contribution is 6.33. The zero-order chi connectivity index (χ0) is 13.5. The van der Waals surface area contributed by atoms with Gasteiger partial charge in [0.1, 0.15) is 0 Å². The van der Waals surface area contributed by atoms with E-state index in [1.165, 1.54) is 11.3 Å². The Morgan fingerprint density at radius 1 is 1.28 bits per heavy atom. The molecule has 1 aromatic carbocycles. The molecule has 1 N–H and O–H groups in total. The van der Waals surface area contributed by atoms with Gasteiger partial charge in [-0.15, -0.1) is 0 Å². The van der Waals surface area contributed by atoms with E-state index >= 15 is 0 Å². The predicted octanol–water partition coefficient (Wildman–Crippen LogP) is 4.07. The Hall–Kier alpha value is -0.730. The third kappa shape index (κ3) is 3.89. The molecule has 102 valence electrons. The molecule has 0 saturated heterocycles. The molecule has 0 amide bonds. The molecular formula is C15H25ClN2. The van der Waals surface area contributed by atoms with E-state index in [-0.39, 0.29) is 0 Å². The number of nitrogens with one attached hydrogen (secondary N) is 1. The Morgan fingerprint density at radius 2 is 2.00 bits per heavy atom. The average Bonchev–Trinajstić information content (AvgIpc) is 2.34. The van der Waals surface area contributed by atoms with Crippen molar-refractivity contribution in [3.05, 3.63) is 28.8 Å². The molecule has 18 heavy (non-hydrogen) atoms. The van der Waals surface area contributed by atoms with E-state index in [1.807, 2.05) is 12.1 Å². The number of rotatable bonds is 7. The van der Waals surface area contributed by atoms with Crippen molar-refractivity contribution < 1.29 is 0 Å². The van der Waals surface area contributed by atoms with Gasteiger partial charge in [-0.05, 0) is 38.4 Å². The standard InChI is InChI=1S/C15H25ClN2/c1-5-10-18(12(3)4)15-13(11-17-6-2)8-7-9-14(15)16/h7-9,12,17H,5-6,10-11H2,1-4H3. The monoisotopic (exact) mass is 268 g/mol. The van der Waals surface area contributed by atoms with E-state index < -0.39 is 0 Å². The van der Waals surface area contributed by atoms with Crippen molar-refractivity contribution in [2.24, 2.45) is 0 Å². The number of hydrogen-bond acceptors (Lipinski definition) is 2. The minimum absolute atomic E-state index is 0.463. The van der Waals surface area contributed by atoms with Crippen LogP contribution in [-0.4, -0.2) is 19.1 Å². The summed E-state index contributed by atoms with van der Waals surface area (Å²) in [6.45, 7) is 11.7. The first-order valence-electron chi connectivity index (χ1n) is 6.86. The third-order valence-corrected chi connectivity index (χ3v) is 3.32. The molecule has 0 spiro atoms. The third-order valence-electron chi connectivity index (χ3n) is 3.01. The summed E-state index contributed by atoms with van der Waals surface area (Å²) < 4.78 is 0. The summed E-state index contributed by atoms with van der Waals surface area (Å²) in [5.41, 5.74) is 2.48. The van der Waals surface area contributed by atoms with Crippen LogP contribution in [0.2, 0.25) is 5.02 Å². The van der Waals surface area contributed by atoms with E-state index in [2.05, 4.69) is 44.0 Å². The molecule has 0 aliphatic heterocycles. The van der Waals surface area contributed by atoms with E-state index in [1.54, 1.807) is 0 Å². The van der Waals surface area contributed by atoms with Gasteiger partial charge < -0.3 is 10.2 Å². The van der Waals surface area contributed by atoms with Gasteiger partial charge in [0.2, 0.25) is 0 Å². The fourth-order valence-corrected chi connectivity index (χ4v) is 2.46. The Balaban J connectivity index is 3.09. The van der Waals surface area contributed by atoms with Gasteiger partial charge in [0, 0.05) is 19.1 Å². The average molecular weight is 269 g/mol. The lowest BCUT2D eigenvalue weighted by atomic mass is 10.1. The van der Waals surface area contributed by atoms with Crippen molar-refractivity contribution in [1.82, 2.24) is 5.32 Å². The lowest BCUT2D eigenvalue weighted by Gasteiger charge is -2.31. The smallest absolute Gasteiger partial charge is 0.0643 e. The summed E-state index contributed by atoms with van der Waals surface area (Å²) in [6, 6.07) is 6.64. The lowest BCUT2D eigenvalue weighted by Crippen LogP contribution is -2.33. The van der Waals surface area contributed by atoms with Crippen LogP contribution in [0.1, 0.15) is 39.7 Å². The van der Waals surface area contributed by atoms with Gasteiger partial charge in [0.25, 0.3) is 0 Å². The van der Waals surface area contributed by atoms with E-state index in [0.717, 1.165) is 31.1 Å². The van der Waals surface area contributed by atoms with Gasteiger partial charge in [0.05, 0.1) is 10.7 Å². The largest absolute Gasteiger partial charge is 0.368 e. The molecule has 0 saturated carbocycles. The second-order valence-electron chi connectivity index (χ2n) is 4.82.